The van der Waals surface area contributed by atoms with Crippen LogP contribution in [-0.4, -0.2) is 18.5 Å². The SMILES string of the molecule is CCOCC1CC=CS1. The van der Waals surface area contributed by atoms with Gasteiger partial charge in [-0.15, -0.1) is 11.8 Å². The monoisotopic (exact) mass is 144 g/mol. The van der Waals surface area contributed by atoms with Crippen LogP contribution in [0.5, 0.6) is 0 Å². The molecule has 0 aromatic heterocycles. The first-order chi connectivity index (χ1) is 4.43. The third-order valence-electron chi connectivity index (χ3n) is 1.27. The average Bonchev–Trinajstić information content (AvgIpc) is 2.34. The minimum atomic E-state index is 0.699. The van der Waals surface area contributed by atoms with Crippen LogP contribution in [0.1, 0.15) is 13.3 Å². The van der Waals surface area contributed by atoms with Gasteiger partial charge in [0.1, 0.15) is 0 Å². The van der Waals surface area contributed by atoms with Crippen LogP contribution < -0.4 is 0 Å². The predicted molar refractivity (Wildman–Crippen MR) is 41.6 cm³/mol. The molecule has 0 N–H and O–H groups in total. The van der Waals surface area contributed by atoms with E-state index in [0.717, 1.165) is 13.2 Å². The Morgan fingerprint density at radius 2 is 2.67 bits per heavy atom. The van der Waals surface area contributed by atoms with Crippen molar-refractivity contribution in [3.05, 3.63) is 11.5 Å². The number of thioether (sulfide) groups is 1. The molecule has 1 heterocycles. The van der Waals surface area contributed by atoms with Crippen LogP contribution >= 0.6 is 11.8 Å². The molecule has 0 radical (unpaired) electrons. The molecule has 1 unspecified atom stereocenters. The standard InChI is InChI=1S/C7H12OS/c1-2-8-6-7-4-3-5-9-7/h3,5,7H,2,4,6H2,1H3. The Balaban J connectivity index is 2.01. The molecule has 0 amide bonds. The highest BCUT2D eigenvalue weighted by molar-refractivity contribution is 8.03. The molecule has 9 heavy (non-hydrogen) atoms. The van der Waals surface area contributed by atoms with Crippen LogP contribution in [0.15, 0.2) is 11.5 Å². The van der Waals surface area contributed by atoms with Gasteiger partial charge in [-0.1, -0.05) is 6.08 Å². The topological polar surface area (TPSA) is 9.23 Å². The number of hydrogen-bond donors (Lipinski definition) is 0. The van der Waals surface area contributed by atoms with E-state index in [9.17, 15) is 0 Å². The van der Waals surface area contributed by atoms with E-state index in [-0.39, 0.29) is 0 Å². The number of rotatable bonds is 3. The maximum Gasteiger partial charge on any atom is 0.0591 e. The van der Waals surface area contributed by atoms with Crippen molar-refractivity contribution in [2.45, 2.75) is 18.6 Å². The van der Waals surface area contributed by atoms with Crippen molar-refractivity contribution in [3.8, 4) is 0 Å². The predicted octanol–water partition coefficient (Wildman–Crippen LogP) is 2.04. The minimum absolute atomic E-state index is 0.699. The molecule has 0 saturated heterocycles. The smallest absolute Gasteiger partial charge is 0.0591 e. The molecule has 0 fully saturated rings. The van der Waals surface area contributed by atoms with E-state index < -0.39 is 0 Å². The van der Waals surface area contributed by atoms with E-state index in [1.807, 2.05) is 18.7 Å². The molecule has 1 nitrogen and oxygen atoms in total. The first-order valence-corrected chi connectivity index (χ1v) is 4.26. The third kappa shape index (κ3) is 2.41. The van der Waals surface area contributed by atoms with Crippen molar-refractivity contribution >= 4 is 11.8 Å². The Kier molecular flexibility index (Phi) is 3.15. The summed E-state index contributed by atoms with van der Waals surface area (Å²) in [7, 11) is 0. The first-order valence-electron chi connectivity index (χ1n) is 3.31. The number of allylic oxidation sites excluding steroid dienone is 1. The number of hydrogen-bond acceptors (Lipinski definition) is 2. The van der Waals surface area contributed by atoms with E-state index in [4.69, 9.17) is 4.74 Å². The van der Waals surface area contributed by atoms with Crippen LogP contribution in [0.2, 0.25) is 0 Å². The average molecular weight is 144 g/mol. The highest BCUT2D eigenvalue weighted by Gasteiger charge is 2.09. The highest BCUT2D eigenvalue weighted by Crippen LogP contribution is 2.23. The van der Waals surface area contributed by atoms with Crippen molar-refractivity contribution in [2.24, 2.45) is 0 Å². The molecule has 52 valence electrons. The number of ether oxygens (including phenoxy) is 1. The van der Waals surface area contributed by atoms with E-state index in [1.54, 1.807) is 0 Å². The van der Waals surface area contributed by atoms with Gasteiger partial charge in [0.15, 0.2) is 0 Å². The molecule has 0 aromatic carbocycles. The first kappa shape index (κ1) is 7.16. The van der Waals surface area contributed by atoms with Gasteiger partial charge < -0.3 is 4.74 Å². The zero-order chi connectivity index (χ0) is 6.53. The summed E-state index contributed by atoms with van der Waals surface area (Å²) in [6.45, 7) is 3.79. The van der Waals surface area contributed by atoms with Crippen LogP contribution in [0, 0.1) is 0 Å². The summed E-state index contributed by atoms with van der Waals surface area (Å²) in [4.78, 5) is 0. The largest absolute Gasteiger partial charge is 0.381 e. The highest BCUT2D eigenvalue weighted by atomic mass is 32.2. The molecule has 2 heteroatoms. The van der Waals surface area contributed by atoms with E-state index in [2.05, 4.69) is 11.5 Å². The van der Waals surface area contributed by atoms with Gasteiger partial charge in [0.2, 0.25) is 0 Å². The molecular weight excluding hydrogens is 132 g/mol. The molecule has 0 aliphatic carbocycles. The van der Waals surface area contributed by atoms with Crippen molar-refractivity contribution in [3.63, 3.8) is 0 Å². The Bertz CT molecular complexity index is 93.1. The lowest BCUT2D eigenvalue weighted by atomic mass is 10.3. The second kappa shape index (κ2) is 3.96. The minimum Gasteiger partial charge on any atom is -0.381 e. The van der Waals surface area contributed by atoms with Crippen molar-refractivity contribution in [2.75, 3.05) is 13.2 Å². The van der Waals surface area contributed by atoms with Crippen LogP contribution in [0.3, 0.4) is 0 Å². The quantitative estimate of drug-likeness (QED) is 0.599. The fourth-order valence-corrected chi connectivity index (χ4v) is 1.63. The molecule has 1 aliphatic rings. The Morgan fingerprint density at radius 1 is 1.78 bits per heavy atom. The summed E-state index contributed by atoms with van der Waals surface area (Å²) < 4.78 is 5.26. The fourth-order valence-electron chi connectivity index (χ4n) is 0.786. The van der Waals surface area contributed by atoms with Gasteiger partial charge in [0.25, 0.3) is 0 Å². The summed E-state index contributed by atoms with van der Waals surface area (Å²) in [5, 5.41) is 2.86. The summed E-state index contributed by atoms with van der Waals surface area (Å²) in [6, 6.07) is 0. The van der Waals surface area contributed by atoms with E-state index in [1.165, 1.54) is 6.42 Å². The molecule has 0 aromatic rings. The van der Waals surface area contributed by atoms with Gasteiger partial charge in [-0.2, -0.15) is 0 Å². The maximum atomic E-state index is 5.26. The third-order valence-corrected chi connectivity index (χ3v) is 2.34. The van der Waals surface area contributed by atoms with Crippen LogP contribution in [0.4, 0.5) is 0 Å². The van der Waals surface area contributed by atoms with Crippen molar-refractivity contribution in [1.82, 2.24) is 0 Å². The van der Waals surface area contributed by atoms with Gasteiger partial charge >= 0.3 is 0 Å². The molecular formula is C7H12OS. The van der Waals surface area contributed by atoms with Gasteiger partial charge in [-0.3, -0.25) is 0 Å². The normalized spacial score (nSPS) is 25.2. The lowest BCUT2D eigenvalue weighted by Gasteiger charge is -2.06. The van der Waals surface area contributed by atoms with Gasteiger partial charge in [-0.05, 0) is 18.8 Å². The van der Waals surface area contributed by atoms with Crippen LogP contribution in [0.25, 0.3) is 0 Å². The second-order valence-electron chi connectivity index (χ2n) is 2.03. The molecule has 0 saturated carbocycles. The summed E-state index contributed by atoms with van der Waals surface area (Å²) in [6.07, 6.45) is 3.39. The van der Waals surface area contributed by atoms with Crippen molar-refractivity contribution in [1.29, 1.82) is 0 Å². The fraction of sp³-hybridized carbons (Fsp3) is 0.714. The Labute approximate surface area is 60.5 Å². The molecule has 1 aliphatic heterocycles. The molecule has 1 rings (SSSR count). The van der Waals surface area contributed by atoms with Crippen molar-refractivity contribution < 1.29 is 4.74 Å². The van der Waals surface area contributed by atoms with Gasteiger partial charge in [-0.25, -0.2) is 0 Å². The Morgan fingerprint density at radius 3 is 3.22 bits per heavy atom. The summed E-state index contributed by atoms with van der Waals surface area (Å²) in [5.41, 5.74) is 0. The van der Waals surface area contributed by atoms with Gasteiger partial charge in [0.05, 0.1) is 6.61 Å². The van der Waals surface area contributed by atoms with E-state index in [0.29, 0.717) is 5.25 Å². The summed E-state index contributed by atoms with van der Waals surface area (Å²) >= 11 is 1.88. The van der Waals surface area contributed by atoms with Crippen LogP contribution in [-0.2, 0) is 4.74 Å². The lowest BCUT2D eigenvalue weighted by molar-refractivity contribution is 0.149. The summed E-state index contributed by atoms with van der Waals surface area (Å²) in [5.74, 6) is 0. The zero-order valence-corrected chi connectivity index (χ0v) is 6.49. The zero-order valence-electron chi connectivity index (χ0n) is 5.67. The maximum absolute atomic E-state index is 5.26. The molecule has 0 bridgehead atoms. The molecule has 0 spiro atoms. The second-order valence-corrected chi connectivity index (χ2v) is 3.24. The Hall–Kier alpha value is 0.0500. The van der Waals surface area contributed by atoms with E-state index >= 15 is 0 Å². The lowest BCUT2D eigenvalue weighted by Crippen LogP contribution is -2.07. The molecule has 1 atom stereocenters. The van der Waals surface area contributed by atoms with Gasteiger partial charge in [0, 0.05) is 11.9 Å².